The molecule has 0 radical (unpaired) electrons. The Bertz CT molecular complexity index is 581. The molecule has 1 aromatic carbocycles. The second kappa shape index (κ2) is 5.63. The van der Waals surface area contributed by atoms with Gasteiger partial charge in [0.15, 0.2) is 0 Å². The maximum absolute atomic E-state index is 6.06. The first-order valence-electron chi connectivity index (χ1n) is 7.15. The van der Waals surface area contributed by atoms with E-state index in [1.54, 1.807) is 0 Å². The van der Waals surface area contributed by atoms with E-state index in [1.165, 1.54) is 5.56 Å². The number of ether oxygens (including phenoxy) is 1. The number of hydrogen-bond acceptors (Lipinski definition) is 4. The van der Waals surface area contributed by atoms with Crippen molar-refractivity contribution in [2.24, 2.45) is 5.73 Å². The average molecular weight is 272 g/mol. The van der Waals surface area contributed by atoms with Crippen LogP contribution in [0.1, 0.15) is 43.0 Å². The van der Waals surface area contributed by atoms with E-state index < -0.39 is 0 Å². The Morgan fingerprint density at radius 2 is 2.30 bits per heavy atom. The number of nitrogens with zero attached hydrogens (tertiary/aromatic N) is 3. The summed E-state index contributed by atoms with van der Waals surface area (Å²) in [5.41, 5.74) is 8.19. The number of aromatic nitrogens is 3. The Balaban J connectivity index is 1.70. The van der Waals surface area contributed by atoms with E-state index in [2.05, 4.69) is 23.3 Å². The van der Waals surface area contributed by atoms with Crippen LogP contribution >= 0.6 is 0 Å². The zero-order chi connectivity index (χ0) is 13.9. The molecule has 0 saturated heterocycles. The van der Waals surface area contributed by atoms with Crippen LogP contribution in [0.15, 0.2) is 30.5 Å². The highest BCUT2D eigenvalue weighted by atomic mass is 16.5. The summed E-state index contributed by atoms with van der Waals surface area (Å²) in [6, 6.07) is 8.16. The van der Waals surface area contributed by atoms with Crippen LogP contribution in [0.2, 0.25) is 0 Å². The van der Waals surface area contributed by atoms with Crippen molar-refractivity contribution in [3.05, 3.63) is 41.7 Å². The fourth-order valence-electron chi connectivity index (χ4n) is 2.64. The van der Waals surface area contributed by atoms with E-state index in [4.69, 9.17) is 10.5 Å². The van der Waals surface area contributed by atoms with Gasteiger partial charge in [0, 0.05) is 11.5 Å². The molecule has 0 aliphatic carbocycles. The summed E-state index contributed by atoms with van der Waals surface area (Å²) in [4.78, 5) is 0. The summed E-state index contributed by atoms with van der Waals surface area (Å²) in [5, 5.41) is 8.37. The fraction of sp³-hybridized carbons (Fsp3) is 0.467. The molecular weight excluding hydrogens is 252 g/mol. The molecule has 2 unspecified atom stereocenters. The lowest BCUT2D eigenvalue weighted by Gasteiger charge is -2.08. The van der Waals surface area contributed by atoms with Gasteiger partial charge in [0.2, 0.25) is 0 Å². The predicted molar refractivity (Wildman–Crippen MR) is 76.5 cm³/mol. The number of fused-ring (bicyclic) bond motifs is 1. The second-order valence-electron chi connectivity index (χ2n) is 5.31. The molecule has 2 N–H and O–H groups in total. The second-order valence-corrected chi connectivity index (χ2v) is 5.31. The minimum Gasteiger partial charge on any atom is -0.493 e. The Morgan fingerprint density at radius 3 is 3.15 bits per heavy atom. The number of nitrogens with two attached hydrogens (primary N) is 1. The van der Waals surface area contributed by atoms with E-state index >= 15 is 0 Å². The zero-order valence-corrected chi connectivity index (χ0v) is 11.7. The van der Waals surface area contributed by atoms with Gasteiger partial charge in [-0.3, -0.25) is 4.68 Å². The van der Waals surface area contributed by atoms with Gasteiger partial charge < -0.3 is 10.5 Å². The molecule has 0 bridgehead atoms. The first-order valence-corrected chi connectivity index (χ1v) is 7.15. The van der Waals surface area contributed by atoms with Crippen molar-refractivity contribution in [2.45, 2.75) is 38.3 Å². The number of hydrogen-bond donors (Lipinski definition) is 1. The monoisotopic (exact) mass is 272 g/mol. The topological polar surface area (TPSA) is 66.0 Å². The van der Waals surface area contributed by atoms with Crippen LogP contribution in [0.3, 0.4) is 0 Å². The molecule has 0 amide bonds. The predicted octanol–water partition coefficient (Wildman–Crippen LogP) is 2.25. The summed E-state index contributed by atoms with van der Waals surface area (Å²) in [5.74, 6) is 1.32. The number of benzene rings is 1. The molecule has 1 aliphatic rings. The summed E-state index contributed by atoms with van der Waals surface area (Å²) in [7, 11) is 0. The minimum atomic E-state index is -0.0131. The fourth-order valence-corrected chi connectivity index (χ4v) is 2.64. The van der Waals surface area contributed by atoms with E-state index in [1.807, 2.05) is 29.1 Å². The third-order valence-corrected chi connectivity index (χ3v) is 3.74. The van der Waals surface area contributed by atoms with Crippen molar-refractivity contribution >= 4 is 0 Å². The van der Waals surface area contributed by atoms with E-state index in [-0.39, 0.29) is 6.04 Å². The van der Waals surface area contributed by atoms with Crippen LogP contribution in [0.5, 0.6) is 5.75 Å². The maximum atomic E-state index is 6.06. The van der Waals surface area contributed by atoms with Crippen LogP contribution in [0, 0.1) is 0 Å². The Kier molecular flexibility index (Phi) is 3.69. The largest absolute Gasteiger partial charge is 0.493 e. The van der Waals surface area contributed by atoms with Crippen LogP contribution in [-0.2, 0) is 6.54 Å². The average Bonchev–Trinajstić information content (AvgIpc) is 3.08. The van der Waals surface area contributed by atoms with E-state index in [9.17, 15) is 0 Å². The van der Waals surface area contributed by atoms with E-state index in [0.29, 0.717) is 12.5 Å². The van der Waals surface area contributed by atoms with Crippen molar-refractivity contribution in [3.63, 3.8) is 0 Å². The highest BCUT2D eigenvalue weighted by molar-refractivity contribution is 5.39. The molecule has 2 aromatic rings. The maximum Gasteiger partial charge on any atom is 0.122 e. The molecule has 5 nitrogen and oxygen atoms in total. The molecule has 0 fully saturated rings. The Labute approximate surface area is 118 Å². The third-order valence-electron chi connectivity index (χ3n) is 3.74. The van der Waals surface area contributed by atoms with Crippen LogP contribution < -0.4 is 10.5 Å². The standard InChI is InChI=1S/C15H20N4O/c1-2-5-13(16)14-9-19(18-17-14)8-11-10-20-15-7-4-3-6-12(11)15/h3-4,6-7,9,11,13H,2,5,8,10,16H2,1H3. The third kappa shape index (κ3) is 2.54. The highest BCUT2D eigenvalue weighted by Gasteiger charge is 2.24. The van der Waals surface area contributed by atoms with Crippen molar-refractivity contribution in [1.29, 1.82) is 0 Å². The first kappa shape index (κ1) is 13.1. The van der Waals surface area contributed by atoms with Gasteiger partial charge in [-0.2, -0.15) is 0 Å². The normalized spacial score (nSPS) is 18.6. The first-order chi connectivity index (χ1) is 9.78. The number of para-hydroxylation sites is 1. The summed E-state index contributed by atoms with van der Waals surface area (Å²) >= 11 is 0. The van der Waals surface area contributed by atoms with Gasteiger partial charge >= 0.3 is 0 Å². The Morgan fingerprint density at radius 1 is 1.45 bits per heavy atom. The summed E-state index contributed by atoms with van der Waals surface area (Å²) in [6.07, 6.45) is 3.95. The van der Waals surface area contributed by atoms with Crippen LogP contribution in [-0.4, -0.2) is 21.6 Å². The van der Waals surface area contributed by atoms with Gasteiger partial charge in [-0.25, -0.2) is 0 Å². The molecule has 2 heterocycles. The summed E-state index contributed by atoms with van der Waals surface area (Å²) < 4.78 is 7.57. The molecule has 2 atom stereocenters. The lowest BCUT2D eigenvalue weighted by molar-refractivity contribution is 0.314. The van der Waals surface area contributed by atoms with Crippen molar-refractivity contribution in [3.8, 4) is 5.75 Å². The van der Waals surface area contributed by atoms with E-state index in [0.717, 1.165) is 30.8 Å². The van der Waals surface area contributed by atoms with Crippen LogP contribution in [0.25, 0.3) is 0 Å². The summed E-state index contributed by atoms with van der Waals surface area (Å²) in [6.45, 7) is 3.61. The SMILES string of the molecule is CCCC(N)c1cn(CC2COc3ccccc32)nn1. The molecule has 5 heteroatoms. The molecule has 3 rings (SSSR count). The lowest BCUT2D eigenvalue weighted by atomic mass is 10.0. The zero-order valence-electron chi connectivity index (χ0n) is 11.7. The van der Waals surface area contributed by atoms with Gasteiger partial charge in [0.1, 0.15) is 5.75 Å². The molecule has 1 aliphatic heterocycles. The lowest BCUT2D eigenvalue weighted by Crippen LogP contribution is -2.11. The quantitative estimate of drug-likeness (QED) is 0.906. The van der Waals surface area contributed by atoms with Crippen molar-refractivity contribution < 1.29 is 4.74 Å². The van der Waals surface area contributed by atoms with Gasteiger partial charge in [0.25, 0.3) is 0 Å². The minimum absolute atomic E-state index is 0.0131. The molecule has 1 aromatic heterocycles. The molecule has 20 heavy (non-hydrogen) atoms. The molecule has 0 saturated carbocycles. The van der Waals surface area contributed by atoms with Crippen LogP contribution in [0.4, 0.5) is 0 Å². The van der Waals surface area contributed by atoms with Gasteiger partial charge in [-0.15, -0.1) is 5.10 Å². The number of rotatable bonds is 5. The van der Waals surface area contributed by atoms with Crippen molar-refractivity contribution in [2.75, 3.05) is 6.61 Å². The van der Waals surface area contributed by atoms with Crippen molar-refractivity contribution in [1.82, 2.24) is 15.0 Å². The van der Waals surface area contributed by atoms with Gasteiger partial charge in [-0.05, 0) is 12.5 Å². The smallest absolute Gasteiger partial charge is 0.122 e. The Hall–Kier alpha value is -1.88. The molecule has 106 valence electrons. The van der Waals surface area contributed by atoms with Gasteiger partial charge in [-0.1, -0.05) is 36.8 Å². The molecular formula is C15H20N4O. The van der Waals surface area contributed by atoms with Gasteiger partial charge in [0.05, 0.1) is 31.1 Å². The molecule has 0 spiro atoms. The highest BCUT2D eigenvalue weighted by Crippen LogP contribution is 2.34.